The molecule has 4 rings (SSSR count). The minimum atomic E-state index is -0.689. The van der Waals surface area contributed by atoms with E-state index in [0.29, 0.717) is 22.7 Å². The maximum atomic E-state index is 13.4. The molecule has 2 heterocycles. The Kier molecular flexibility index (Phi) is 6.58. The van der Waals surface area contributed by atoms with E-state index >= 15 is 0 Å². The quantitative estimate of drug-likeness (QED) is 0.362. The molecule has 0 aliphatic rings. The third-order valence-corrected chi connectivity index (χ3v) is 5.29. The van der Waals surface area contributed by atoms with Gasteiger partial charge in [-0.05, 0) is 41.5 Å². The maximum Gasteiger partial charge on any atom is 0.355 e. The van der Waals surface area contributed by atoms with Gasteiger partial charge in [0.25, 0.3) is 0 Å². The van der Waals surface area contributed by atoms with E-state index in [1.807, 2.05) is 12.1 Å². The molecular weight excluding hydrogens is 436 g/mol. The fourth-order valence-electron chi connectivity index (χ4n) is 3.41. The first-order valence-corrected chi connectivity index (χ1v) is 10.5. The van der Waals surface area contributed by atoms with Gasteiger partial charge in [0.1, 0.15) is 17.3 Å². The lowest BCUT2D eigenvalue weighted by atomic mass is 10.2. The standard InChI is InChI=1S/C24H24N6O4/c1-34-20-10-6-17(7-11-20)14-29-22(27-13-18-3-2-12-26-21(18)25)28-23(32)30(24(29)33)15-16-4-8-19(31)9-5-16/h2-12,31H,13-15H2,1H3,(H2,25,26)(H,27,28,32). The molecule has 34 heavy (non-hydrogen) atoms. The van der Waals surface area contributed by atoms with Crippen molar-refractivity contribution in [2.45, 2.75) is 19.6 Å². The lowest BCUT2D eigenvalue weighted by Gasteiger charge is -2.16. The van der Waals surface area contributed by atoms with Crippen LogP contribution in [-0.4, -0.2) is 31.3 Å². The molecule has 0 fully saturated rings. The number of rotatable bonds is 8. The fourth-order valence-corrected chi connectivity index (χ4v) is 3.41. The van der Waals surface area contributed by atoms with Crippen LogP contribution in [0.1, 0.15) is 16.7 Å². The predicted molar refractivity (Wildman–Crippen MR) is 128 cm³/mol. The smallest absolute Gasteiger partial charge is 0.355 e. The summed E-state index contributed by atoms with van der Waals surface area (Å²) in [5.41, 5.74) is 6.92. The van der Waals surface area contributed by atoms with Crippen LogP contribution in [0, 0.1) is 0 Å². The van der Waals surface area contributed by atoms with Crippen LogP contribution in [0.5, 0.6) is 11.5 Å². The minimum absolute atomic E-state index is 0.0173. The number of nitrogens with two attached hydrogens (primary N) is 1. The number of methoxy groups -OCH3 is 1. The highest BCUT2D eigenvalue weighted by molar-refractivity contribution is 5.41. The van der Waals surface area contributed by atoms with E-state index < -0.39 is 11.4 Å². The van der Waals surface area contributed by atoms with E-state index in [1.54, 1.807) is 49.7 Å². The van der Waals surface area contributed by atoms with Gasteiger partial charge >= 0.3 is 11.4 Å². The van der Waals surface area contributed by atoms with E-state index in [4.69, 9.17) is 10.5 Å². The first kappa shape index (κ1) is 22.6. The highest BCUT2D eigenvalue weighted by Crippen LogP contribution is 2.15. The highest BCUT2D eigenvalue weighted by atomic mass is 16.5. The van der Waals surface area contributed by atoms with Crippen LogP contribution < -0.4 is 27.2 Å². The van der Waals surface area contributed by atoms with Crippen LogP contribution >= 0.6 is 0 Å². The van der Waals surface area contributed by atoms with E-state index in [-0.39, 0.29) is 31.3 Å². The van der Waals surface area contributed by atoms with Crippen molar-refractivity contribution in [1.82, 2.24) is 19.1 Å². The summed E-state index contributed by atoms with van der Waals surface area (Å²) >= 11 is 0. The van der Waals surface area contributed by atoms with Gasteiger partial charge in [0.2, 0.25) is 5.95 Å². The van der Waals surface area contributed by atoms with Gasteiger partial charge < -0.3 is 20.9 Å². The Bertz CT molecular complexity index is 1400. The van der Waals surface area contributed by atoms with Crippen LogP contribution in [0.3, 0.4) is 0 Å². The summed E-state index contributed by atoms with van der Waals surface area (Å²) in [6.45, 7) is 0.427. The molecular formula is C24H24N6O4. The van der Waals surface area contributed by atoms with Gasteiger partial charge in [-0.25, -0.2) is 19.1 Å². The summed E-state index contributed by atoms with van der Waals surface area (Å²) in [5.74, 6) is 1.26. The second-order valence-corrected chi connectivity index (χ2v) is 7.59. The molecule has 0 aliphatic heterocycles. The van der Waals surface area contributed by atoms with E-state index in [2.05, 4.69) is 15.3 Å². The average Bonchev–Trinajstić information content (AvgIpc) is 2.85. The number of phenolic OH excluding ortho intramolecular Hbond substituents is 1. The van der Waals surface area contributed by atoms with Crippen molar-refractivity contribution in [3.63, 3.8) is 0 Å². The third-order valence-electron chi connectivity index (χ3n) is 5.29. The third kappa shape index (κ3) is 5.07. The number of ether oxygens (including phenoxy) is 1. The van der Waals surface area contributed by atoms with Crippen LogP contribution in [-0.2, 0) is 19.6 Å². The van der Waals surface area contributed by atoms with Crippen LogP contribution in [0.2, 0.25) is 0 Å². The van der Waals surface area contributed by atoms with Crippen LogP contribution in [0.4, 0.5) is 11.8 Å². The van der Waals surface area contributed by atoms with Crippen molar-refractivity contribution in [1.29, 1.82) is 0 Å². The molecule has 0 saturated carbocycles. The molecule has 0 bridgehead atoms. The molecule has 4 N–H and O–H groups in total. The average molecular weight is 460 g/mol. The second kappa shape index (κ2) is 9.90. The number of phenols is 1. The molecule has 0 amide bonds. The minimum Gasteiger partial charge on any atom is -0.508 e. The van der Waals surface area contributed by atoms with Gasteiger partial charge in [-0.2, -0.15) is 4.98 Å². The first-order valence-electron chi connectivity index (χ1n) is 10.5. The summed E-state index contributed by atoms with van der Waals surface area (Å²) < 4.78 is 7.66. The normalized spacial score (nSPS) is 10.7. The number of aromatic nitrogens is 4. The van der Waals surface area contributed by atoms with Crippen molar-refractivity contribution in [2.24, 2.45) is 0 Å². The summed E-state index contributed by atoms with van der Waals surface area (Å²) in [6, 6.07) is 17.1. The second-order valence-electron chi connectivity index (χ2n) is 7.59. The molecule has 174 valence electrons. The van der Waals surface area contributed by atoms with Crippen molar-refractivity contribution in [3.8, 4) is 11.5 Å². The van der Waals surface area contributed by atoms with Crippen molar-refractivity contribution in [2.75, 3.05) is 18.2 Å². The van der Waals surface area contributed by atoms with Gasteiger partial charge in [0.15, 0.2) is 0 Å². The van der Waals surface area contributed by atoms with E-state index in [1.165, 1.54) is 16.7 Å². The number of hydrogen-bond acceptors (Lipinski definition) is 8. The summed E-state index contributed by atoms with van der Waals surface area (Å²) in [6.07, 6.45) is 1.58. The SMILES string of the molecule is COc1ccc(Cn2c(NCc3cccnc3N)nc(=O)n(Cc3ccc(O)cc3)c2=O)cc1. The summed E-state index contributed by atoms with van der Waals surface area (Å²) in [4.78, 5) is 34.4. The first-order chi connectivity index (χ1) is 16.4. The van der Waals surface area contributed by atoms with Crippen molar-refractivity contribution in [3.05, 3.63) is 105 Å². The van der Waals surface area contributed by atoms with Gasteiger partial charge in [0, 0.05) is 18.3 Å². The number of aromatic hydroxyl groups is 1. The zero-order valence-electron chi connectivity index (χ0n) is 18.5. The lowest BCUT2D eigenvalue weighted by Crippen LogP contribution is -2.43. The molecule has 10 heteroatoms. The molecule has 0 aliphatic carbocycles. The topological polar surface area (TPSA) is 137 Å². The van der Waals surface area contributed by atoms with E-state index in [9.17, 15) is 14.7 Å². The Morgan fingerprint density at radius 3 is 2.26 bits per heavy atom. The molecule has 4 aromatic rings. The van der Waals surface area contributed by atoms with Gasteiger partial charge in [-0.15, -0.1) is 0 Å². The van der Waals surface area contributed by atoms with Gasteiger partial charge in [-0.1, -0.05) is 30.3 Å². The number of benzene rings is 2. The lowest BCUT2D eigenvalue weighted by molar-refractivity contribution is 0.414. The number of hydrogen-bond donors (Lipinski definition) is 3. The largest absolute Gasteiger partial charge is 0.508 e. The molecule has 0 atom stereocenters. The highest BCUT2D eigenvalue weighted by Gasteiger charge is 2.15. The monoisotopic (exact) mass is 460 g/mol. The summed E-state index contributed by atoms with van der Waals surface area (Å²) in [5, 5.41) is 12.6. The van der Waals surface area contributed by atoms with Gasteiger partial charge in [0.05, 0.1) is 20.2 Å². The molecule has 0 spiro atoms. The maximum absolute atomic E-state index is 13.4. The Morgan fingerprint density at radius 1 is 0.971 bits per heavy atom. The number of nitrogens with zero attached hydrogens (tertiary/aromatic N) is 4. The molecule has 2 aromatic carbocycles. The molecule has 0 saturated heterocycles. The number of nitrogen functional groups attached to an aromatic ring is 1. The summed E-state index contributed by atoms with van der Waals surface area (Å²) in [7, 11) is 1.58. The van der Waals surface area contributed by atoms with Crippen LogP contribution in [0.25, 0.3) is 0 Å². The Hall–Kier alpha value is -4.60. The predicted octanol–water partition coefficient (Wildman–Crippen LogP) is 1.81. The Balaban J connectivity index is 1.72. The Labute approximate surface area is 194 Å². The molecule has 2 aromatic heterocycles. The van der Waals surface area contributed by atoms with Crippen molar-refractivity contribution >= 4 is 11.8 Å². The van der Waals surface area contributed by atoms with E-state index in [0.717, 1.165) is 10.1 Å². The zero-order chi connectivity index (χ0) is 24.1. The molecule has 0 radical (unpaired) electrons. The van der Waals surface area contributed by atoms with Gasteiger partial charge in [-0.3, -0.25) is 4.57 Å². The number of anilines is 2. The number of pyridine rings is 1. The zero-order valence-corrected chi connectivity index (χ0v) is 18.5. The Morgan fingerprint density at radius 2 is 1.62 bits per heavy atom. The molecule has 0 unspecified atom stereocenters. The molecule has 10 nitrogen and oxygen atoms in total. The van der Waals surface area contributed by atoms with Crippen LogP contribution in [0.15, 0.2) is 76.4 Å². The fraction of sp³-hybridized carbons (Fsp3) is 0.167. The number of nitrogens with one attached hydrogen (secondary N) is 1. The van der Waals surface area contributed by atoms with Crippen molar-refractivity contribution < 1.29 is 9.84 Å².